The molecule has 0 spiro atoms. The molecule has 0 fully saturated rings. The van der Waals surface area contributed by atoms with Crippen molar-refractivity contribution >= 4 is 26.0 Å². The molecule has 0 unspecified atom stereocenters. The molecule has 0 aromatic heterocycles. The van der Waals surface area contributed by atoms with Crippen molar-refractivity contribution < 1.29 is 44.3 Å². The number of sulfonamides is 2. The van der Waals surface area contributed by atoms with Gasteiger partial charge in [-0.05, 0) is 42.5 Å². The lowest BCUT2D eigenvalue weighted by molar-refractivity contribution is -0.175. The van der Waals surface area contributed by atoms with Gasteiger partial charge in [0.05, 0.1) is 12.2 Å². The lowest BCUT2D eigenvalue weighted by atomic mass is 10.1. The number of ether oxygens (including phenoxy) is 2. The maximum absolute atomic E-state index is 12.8. The number of nitrogens with two attached hydrogens (primary N) is 1. The predicted octanol–water partition coefficient (Wildman–Crippen LogP) is 2.81. The Morgan fingerprint density at radius 3 is 2.15 bits per heavy atom. The van der Waals surface area contributed by atoms with Gasteiger partial charge in [0.15, 0.2) is 0 Å². The van der Waals surface area contributed by atoms with E-state index in [9.17, 15) is 34.8 Å². The molecule has 0 aliphatic heterocycles. The summed E-state index contributed by atoms with van der Waals surface area (Å²) in [6, 6.07) is 17.0. The number of carbonyl (C=O) groups excluding carboxylic acids is 1. The molecule has 206 valence electrons. The van der Waals surface area contributed by atoms with Crippen molar-refractivity contribution in [2.75, 3.05) is 19.8 Å². The first-order chi connectivity index (χ1) is 18.3. The Balaban J connectivity index is 1.87. The van der Waals surface area contributed by atoms with Crippen LogP contribution in [0.3, 0.4) is 0 Å². The van der Waals surface area contributed by atoms with E-state index in [1.807, 2.05) is 0 Å². The van der Waals surface area contributed by atoms with Crippen molar-refractivity contribution in [1.82, 2.24) is 4.72 Å². The average Bonchev–Trinajstić information content (AvgIpc) is 2.87. The van der Waals surface area contributed by atoms with Gasteiger partial charge in [-0.25, -0.2) is 26.7 Å². The number of amides is 1. The van der Waals surface area contributed by atoms with Crippen molar-refractivity contribution in [3.63, 3.8) is 0 Å². The van der Waals surface area contributed by atoms with E-state index >= 15 is 0 Å². The summed E-state index contributed by atoms with van der Waals surface area (Å²) in [6.07, 6.45) is -4.52. The fourth-order valence-electron chi connectivity index (χ4n) is 3.09. The molecule has 0 saturated heterocycles. The zero-order valence-corrected chi connectivity index (χ0v) is 21.6. The van der Waals surface area contributed by atoms with Crippen molar-refractivity contribution in [2.24, 2.45) is 5.14 Å². The highest BCUT2D eigenvalue weighted by atomic mass is 32.2. The van der Waals surface area contributed by atoms with E-state index in [4.69, 9.17) is 9.88 Å². The van der Waals surface area contributed by atoms with Crippen LogP contribution in [-0.2, 0) is 24.8 Å². The van der Waals surface area contributed by atoms with E-state index in [-0.39, 0.29) is 23.5 Å². The van der Waals surface area contributed by atoms with Gasteiger partial charge in [0, 0.05) is 11.1 Å². The van der Waals surface area contributed by atoms with Gasteiger partial charge in [0.25, 0.3) is 15.9 Å². The Morgan fingerprint density at radius 2 is 1.51 bits per heavy atom. The molecule has 1 amide bonds. The van der Waals surface area contributed by atoms with Crippen LogP contribution in [0.4, 0.5) is 13.2 Å². The van der Waals surface area contributed by atoms with Gasteiger partial charge in [0.2, 0.25) is 10.0 Å². The van der Waals surface area contributed by atoms with E-state index in [1.165, 1.54) is 24.3 Å². The van der Waals surface area contributed by atoms with Crippen molar-refractivity contribution in [1.29, 1.82) is 0 Å². The fourth-order valence-corrected chi connectivity index (χ4v) is 5.45. The number of hydrogen-bond donors (Lipinski definition) is 2. The molecule has 3 rings (SSSR count). The number of carbonyl (C=O) groups is 1. The van der Waals surface area contributed by atoms with Crippen LogP contribution in [0.1, 0.15) is 21.5 Å². The highest BCUT2D eigenvalue weighted by Gasteiger charge is 2.28. The summed E-state index contributed by atoms with van der Waals surface area (Å²) >= 11 is 0. The number of rotatable bonds is 9. The molecule has 3 aromatic carbocycles. The predicted molar refractivity (Wildman–Crippen MR) is 134 cm³/mol. The molecular formula is C25H21F3N2O7S2. The minimum Gasteiger partial charge on any atom is -0.490 e. The minimum absolute atomic E-state index is 0.0241. The second-order valence-electron chi connectivity index (χ2n) is 7.77. The van der Waals surface area contributed by atoms with Crippen LogP contribution in [0.15, 0.2) is 82.6 Å². The molecular weight excluding hydrogens is 561 g/mol. The van der Waals surface area contributed by atoms with E-state index in [1.54, 1.807) is 35.1 Å². The third-order valence-electron chi connectivity index (χ3n) is 4.78. The van der Waals surface area contributed by atoms with Crippen LogP contribution < -0.4 is 14.6 Å². The summed E-state index contributed by atoms with van der Waals surface area (Å²) in [5.41, 5.74) is 0.690. The number of nitrogens with one attached hydrogen (secondary N) is 1. The summed E-state index contributed by atoms with van der Waals surface area (Å²) < 4.78 is 97.9. The third kappa shape index (κ3) is 8.82. The molecule has 39 heavy (non-hydrogen) atoms. The van der Waals surface area contributed by atoms with E-state index in [0.29, 0.717) is 5.56 Å². The van der Waals surface area contributed by atoms with Crippen LogP contribution in [0, 0.1) is 11.8 Å². The monoisotopic (exact) mass is 582 g/mol. The molecule has 0 atom stereocenters. The van der Waals surface area contributed by atoms with Gasteiger partial charge >= 0.3 is 6.18 Å². The first-order valence-electron chi connectivity index (χ1n) is 10.9. The molecule has 0 heterocycles. The van der Waals surface area contributed by atoms with Crippen molar-refractivity contribution in [2.45, 2.75) is 16.0 Å². The second-order valence-corrected chi connectivity index (χ2v) is 11.0. The number of benzene rings is 3. The fraction of sp³-hybridized carbons (Fsp3) is 0.160. The Bertz CT molecular complexity index is 1610. The third-order valence-corrected chi connectivity index (χ3v) is 7.27. The molecule has 3 N–H and O–H groups in total. The van der Waals surface area contributed by atoms with Gasteiger partial charge in [-0.3, -0.25) is 4.79 Å². The first kappa shape index (κ1) is 29.7. The maximum Gasteiger partial charge on any atom is 0.411 e. The average molecular weight is 583 g/mol. The van der Waals surface area contributed by atoms with Crippen LogP contribution in [-0.4, -0.2) is 48.7 Å². The first-order valence-corrected chi connectivity index (χ1v) is 14.0. The van der Waals surface area contributed by atoms with Crippen molar-refractivity contribution in [3.8, 4) is 17.6 Å². The SMILES string of the molecule is NS(=O)(=O)c1ccccc1S(=O)(=O)NC(=O)c1ccc(C#Cc2ccccc2)c(OCCOCC(F)(F)F)c1. The molecule has 14 heteroatoms. The number of halogens is 3. The molecule has 0 saturated carbocycles. The standard InChI is InChI=1S/C25H21F3N2O7S2/c26-25(27,28)17-36-14-15-37-21-16-20(13-12-19(21)11-10-18-6-2-1-3-7-18)24(31)30-39(34,35)23-9-5-4-8-22(23)38(29,32)33/h1-9,12-13,16H,14-15,17H2,(H,30,31)(H2,29,32,33). The Kier molecular flexibility index (Phi) is 9.36. The van der Waals surface area contributed by atoms with Crippen LogP contribution >= 0.6 is 0 Å². The van der Waals surface area contributed by atoms with Gasteiger partial charge in [-0.2, -0.15) is 13.2 Å². The number of hydrogen-bond acceptors (Lipinski definition) is 7. The quantitative estimate of drug-likeness (QED) is 0.292. The molecule has 9 nitrogen and oxygen atoms in total. The molecule has 3 aromatic rings. The zero-order valence-electron chi connectivity index (χ0n) is 19.9. The van der Waals surface area contributed by atoms with Gasteiger partial charge < -0.3 is 9.47 Å². The largest absolute Gasteiger partial charge is 0.490 e. The zero-order chi connectivity index (χ0) is 28.7. The maximum atomic E-state index is 12.8. The lowest BCUT2D eigenvalue weighted by Gasteiger charge is -2.13. The van der Waals surface area contributed by atoms with Crippen LogP contribution in [0.2, 0.25) is 0 Å². The number of alkyl halides is 3. The van der Waals surface area contributed by atoms with E-state index < -0.39 is 55.1 Å². The summed E-state index contributed by atoms with van der Waals surface area (Å²) in [5, 5.41) is 5.09. The highest BCUT2D eigenvalue weighted by molar-refractivity contribution is 7.92. The topological polar surface area (TPSA) is 142 Å². The molecule has 0 radical (unpaired) electrons. The van der Waals surface area contributed by atoms with Gasteiger partial charge in [-0.1, -0.05) is 42.2 Å². The normalized spacial score (nSPS) is 11.8. The van der Waals surface area contributed by atoms with Gasteiger partial charge in [-0.15, -0.1) is 0 Å². The summed E-state index contributed by atoms with van der Waals surface area (Å²) in [6.45, 7) is -2.24. The second kappa shape index (κ2) is 12.3. The van der Waals surface area contributed by atoms with Gasteiger partial charge in [0.1, 0.15) is 28.8 Å². The van der Waals surface area contributed by atoms with Crippen LogP contribution in [0.5, 0.6) is 5.75 Å². The number of primary sulfonamides is 1. The van der Waals surface area contributed by atoms with Crippen LogP contribution in [0.25, 0.3) is 0 Å². The summed E-state index contributed by atoms with van der Waals surface area (Å²) in [7, 11) is -9.11. The molecule has 0 aliphatic carbocycles. The summed E-state index contributed by atoms with van der Waals surface area (Å²) in [5.74, 6) is 4.55. The van der Waals surface area contributed by atoms with E-state index in [2.05, 4.69) is 16.6 Å². The van der Waals surface area contributed by atoms with Crippen molar-refractivity contribution in [3.05, 3.63) is 89.5 Å². The Labute approximate surface area is 222 Å². The summed E-state index contributed by atoms with van der Waals surface area (Å²) in [4.78, 5) is 11.4. The minimum atomic E-state index is -4.68. The highest BCUT2D eigenvalue weighted by Crippen LogP contribution is 2.23. The Hall–Kier alpha value is -3.90. The lowest BCUT2D eigenvalue weighted by Crippen LogP contribution is -2.32. The molecule has 0 aliphatic rings. The van der Waals surface area contributed by atoms with E-state index in [0.717, 1.165) is 18.2 Å². The Morgan fingerprint density at radius 1 is 0.872 bits per heavy atom. The molecule has 0 bridgehead atoms. The smallest absolute Gasteiger partial charge is 0.411 e.